The molecule has 0 fully saturated rings. The zero-order chi connectivity index (χ0) is 20.4. The zero-order valence-electron chi connectivity index (χ0n) is 14.8. The number of pyridine rings is 1. The predicted octanol–water partition coefficient (Wildman–Crippen LogP) is 5.01. The van der Waals surface area contributed by atoms with E-state index in [2.05, 4.69) is 25.5 Å². The van der Waals surface area contributed by atoms with Gasteiger partial charge in [0.15, 0.2) is 0 Å². The Kier molecular flexibility index (Phi) is 4.71. The van der Waals surface area contributed by atoms with Crippen LogP contribution in [0.3, 0.4) is 0 Å². The molecular formula is C19H14N6O3S. The normalized spacial score (nSPS) is 12.4. The van der Waals surface area contributed by atoms with E-state index in [9.17, 15) is 13.0 Å². The summed E-state index contributed by atoms with van der Waals surface area (Å²) in [6.07, 6.45) is 1.54. The maximum atomic E-state index is 11.9. The van der Waals surface area contributed by atoms with Crippen molar-refractivity contribution in [3.05, 3.63) is 66.9 Å². The van der Waals surface area contributed by atoms with E-state index in [1.807, 2.05) is 24.3 Å². The summed E-state index contributed by atoms with van der Waals surface area (Å²) in [7, 11) is -4.51. The Morgan fingerprint density at radius 2 is 1.62 bits per heavy atom. The van der Waals surface area contributed by atoms with Gasteiger partial charge in [0.05, 0.1) is 11.7 Å². The molecule has 3 N–H and O–H groups in total. The van der Waals surface area contributed by atoms with Gasteiger partial charge >= 0.3 is 0 Å². The fourth-order valence-corrected chi connectivity index (χ4v) is 3.71. The monoisotopic (exact) mass is 406 g/mol. The van der Waals surface area contributed by atoms with Crippen molar-refractivity contribution < 1.29 is 13.0 Å². The SMILES string of the molecule is NN=Nc1c(/N=N/c2cnc3ccccc3c2)cc(S(=O)(=O)O)c2ccccc12. The number of azo groups is 1. The molecule has 0 bridgehead atoms. The van der Waals surface area contributed by atoms with Gasteiger partial charge < -0.3 is 5.84 Å². The number of hydrogen-bond acceptors (Lipinski definition) is 7. The van der Waals surface area contributed by atoms with Gasteiger partial charge in [0, 0.05) is 16.2 Å². The Morgan fingerprint density at radius 3 is 2.38 bits per heavy atom. The molecule has 0 atom stereocenters. The van der Waals surface area contributed by atoms with Crippen LogP contribution < -0.4 is 5.84 Å². The summed E-state index contributed by atoms with van der Waals surface area (Å²) in [5.74, 6) is 5.22. The first-order chi connectivity index (χ1) is 14.0. The molecule has 29 heavy (non-hydrogen) atoms. The number of rotatable bonds is 4. The van der Waals surface area contributed by atoms with Crippen LogP contribution in [-0.2, 0) is 10.1 Å². The molecule has 4 rings (SSSR count). The molecule has 0 aliphatic heterocycles. The van der Waals surface area contributed by atoms with Crippen molar-refractivity contribution in [2.75, 3.05) is 0 Å². The highest BCUT2D eigenvalue weighted by Crippen LogP contribution is 2.40. The average molecular weight is 406 g/mol. The zero-order valence-corrected chi connectivity index (χ0v) is 15.7. The summed E-state index contributed by atoms with van der Waals surface area (Å²) in [4.78, 5) is 4.00. The number of aromatic nitrogens is 1. The van der Waals surface area contributed by atoms with Crippen LogP contribution in [0.1, 0.15) is 0 Å². The van der Waals surface area contributed by atoms with E-state index in [1.165, 1.54) is 6.07 Å². The highest BCUT2D eigenvalue weighted by atomic mass is 32.2. The number of fused-ring (bicyclic) bond motifs is 2. The van der Waals surface area contributed by atoms with Gasteiger partial charge in [-0.3, -0.25) is 9.54 Å². The fraction of sp³-hybridized carbons (Fsp3) is 0. The minimum atomic E-state index is -4.51. The highest BCUT2D eigenvalue weighted by molar-refractivity contribution is 7.86. The maximum Gasteiger partial charge on any atom is 0.295 e. The molecule has 9 nitrogen and oxygen atoms in total. The van der Waals surface area contributed by atoms with Crippen LogP contribution >= 0.6 is 0 Å². The standard InChI is InChI=1S/C19H14N6O3S/c20-25-24-19-15-7-3-2-6-14(15)18(29(26,27)28)10-17(19)23-22-13-9-12-5-1-4-8-16(12)21-11-13/h1-11H,(H2,20,24)(H,26,27,28)/b23-22+. The van der Waals surface area contributed by atoms with Crippen LogP contribution in [0, 0.1) is 0 Å². The minimum absolute atomic E-state index is 0.0821. The van der Waals surface area contributed by atoms with Gasteiger partial charge in [-0.15, -0.1) is 15.3 Å². The molecule has 144 valence electrons. The first-order valence-electron chi connectivity index (χ1n) is 8.38. The van der Waals surface area contributed by atoms with Crippen LogP contribution in [0.5, 0.6) is 0 Å². The van der Waals surface area contributed by atoms with Crippen molar-refractivity contribution in [2.24, 2.45) is 26.4 Å². The summed E-state index contributed by atoms with van der Waals surface area (Å²) in [5, 5.41) is 17.0. The van der Waals surface area contributed by atoms with E-state index in [4.69, 9.17) is 5.84 Å². The van der Waals surface area contributed by atoms with Crippen molar-refractivity contribution in [3.63, 3.8) is 0 Å². The number of benzene rings is 3. The van der Waals surface area contributed by atoms with Gasteiger partial charge in [-0.25, -0.2) is 0 Å². The Morgan fingerprint density at radius 1 is 0.897 bits per heavy atom. The number of nitrogens with zero attached hydrogens (tertiary/aromatic N) is 5. The van der Waals surface area contributed by atoms with E-state index in [-0.39, 0.29) is 21.7 Å². The first-order valence-corrected chi connectivity index (χ1v) is 9.82. The summed E-state index contributed by atoms with van der Waals surface area (Å²) in [5.41, 5.74) is 1.58. The minimum Gasteiger partial charge on any atom is -0.305 e. The van der Waals surface area contributed by atoms with Crippen LogP contribution in [0.2, 0.25) is 0 Å². The maximum absolute atomic E-state index is 11.9. The molecule has 0 amide bonds. The van der Waals surface area contributed by atoms with E-state index in [0.29, 0.717) is 11.1 Å². The van der Waals surface area contributed by atoms with Gasteiger partial charge in [0.2, 0.25) is 0 Å². The molecule has 1 heterocycles. The number of hydrogen-bond donors (Lipinski definition) is 2. The molecular weight excluding hydrogens is 392 g/mol. The largest absolute Gasteiger partial charge is 0.305 e. The third kappa shape index (κ3) is 3.66. The Bertz CT molecular complexity index is 1400. The van der Waals surface area contributed by atoms with Crippen LogP contribution in [-0.4, -0.2) is 18.0 Å². The summed E-state index contributed by atoms with van der Waals surface area (Å²) in [6, 6.07) is 17.0. The smallest absolute Gasteiger partial charge is 0.295 e. The lowest BCUT2D eigenvalue weighted by atomic mass is 10.1. The van der Waals surface area contributed by atoms with Gasteiger partial charge in [0.25, 0.3) is 10.1 Å². The fourth-order valence-electron chi connectivity index (χ4n) is 2.99. The molecule has 0 aliphatic carbocycles. The first kappa shape index (κ1) is 18.6. The van der Waals surface area contributed by atoms with Crippen molar-refractivity contribution in [3.8, 4) is 0 Å². The summed E-state index contributed by atoms with van der Waals surface area (Å²) in [6.45, 7) is 0. The molecule has 0 radical (unpaired) electrons. The Hall–Kier alpha value is -3.76. The third-order valence-corrected chi connectivity index (χ3v) is 5.14. The molecule has 0 unspecified atom stereocenters. The topological polar surface area (TPSA) is 143 Å². The van der Waals surface area contributed by atoms with Crippen molar-refractivity contribution in [1.82, 2.24) is 4.98 Å². The second-order valence-corrected chi connectivity index (χ2v) is 7.45. The molecule has 0 saturated carbocycles. The van der Waals surface area contributed by atoms with Gasteiger partial charge in [-0.1, -0.05) is 47.7 Å². The van der Waals surface area contributed by atoms with Crippen LogP contribution in [0.4, 0.5) is 17.1 Å². The second-order valence-electron chi connectivity index (χ2n) is 6.06. The average Bonchev–Trinajstić information content (AvgIpc) is 2.72. The van der Waals surface area contributed by atoms with Crippen molar-refractivity contribution >= 4 is 48.9 Å². The predicted molar refractivity (Wildman–Crippen MR) is 108 cm³/mol. The Labute approximate surface area is 165 Å². The third-order valence-electron chi connectivity index (χ3n) is 4.24. The van der Waals surface area contributed by atoms with Crippen molar-refractivity contribution in [1.29, 1.82) is 0 Å². The van der Waals surface area contributed by atoms with E-state index < -0.39 is 10.1 Å². The molecule has 3 aromatic carbocycles. The highest BCUT2D eigenvalue weighted by Gasteiger charge is 2.19. The van der Waals surface area contributed by atoms with E-state index >= 15 is 0 Å². The molecule has 0 saturated heterocycles. The second kappa shape index (κ2) is 7.34. The molecule has 1 aromatic heterocycles. The lowest BCUT2D eigenvalue weighted by Crippen LogP contribution is -1.99. The van der Waals surface area contributed by atoms with Crippen molar-refractivity contribution in [2.45, 2.75) is 4.90 Å². The molecule has 0 spiro atoms. The Balaban J connectivity index is 1.91. The molecule has 10 heteroatoms. The lowest BCUT2D eigenvalue weighted by molar-refractivity contribution is 0.484. The van der Waals surface area contributed by atoms with Crippen LogP contribution in [0.15, 0.2) is 92.3 Å². The van der Waals surface area contributed by atoms with E-state index in [0.717, 1.165) is 10.9 Å². The lowest BCUT2D eigenvalue weighted by Gasteiger charge is -2.08. The van der Waals surface area contributed by atoms with Gasteiger partial charge in [-0.2, -0.15) is 8.42 Å². The van der Waals surface area contributed by atoms with Crippen LogP contribution in [0.25, 0.3) is 21.7 Å². The summed E-state index contributed by atoms with van der Waals surface area (Å²) >= 11 is 0. The van der Waals surface area contributed by atoms with Gasteiger partial charge in [0.1, 0.15) is 22.0 Å². The molecule has 0 aliphatic rings. The van der Waals surface area contributed by atoms with E-state index in [1.54, 1.807) is 36.5 Å². The summed E-state index contributed by atoms with van der Waals surface area (Å²) < 4.78 is 33.4. The van der Waals surface area contributed by atoms with Gasteiger partial charge in [-0.05, 0) is 18.2 Å². The number of para-hydroxylation sites is 1. The molecule has 4 aromatic rings. The quantitative estimate of drug-likeness (QED) is 0.212. The number of nitrogens with two attached hydrogens (primary N) is 1.